The van der Waals surface area contributed by atoms with Crippen molar-refractivity contribution in [1.29, 1.82) is 0 Å². The second-order valence-electron chi connectivity index (χ2n) is 10.9. The Labute approximate surface area is 300 Å². The van der Waals surface area contributed by atoms with Crippen LogP contribution in [0.4, 0.5) is 0 Å². The maximum Gasteiger partial charge on any atom is 0.204 e. The van der Waals surface area contributed by atoms with E-state index >= 15 is 0 Å². The van der Waals surface area contributed by atoms with Crippen LogP contribution in [0.3, 0.4) is 0 Å². The van der Waals surface area contributed by atoms with Crippen molar-refractivity contribution in [2.75, 3.05) is 10.7 Å². The van der Waals surface area contributed by atoms with E-state index < -0.39 is 11.6 Å². The molecule has 0 aliphatic rings. The Kier molecular flexibility index (Phi) is 12.4. The van der Waals surface area contributed by atoms with Crippen LogP contribution in [0.5, 0.6) is 11.5 Å². The van der Waals surface area contributed by atoms with E-state index in [1.807, 2.05) is 39.8 Å². The SMILES string of the molecule is CC(C)OC(O)(CBr)c1ccc(-c2cc(Cl)ccc2Oc2ccc(Cl)cc2-c2ccc(C(O)(CBr)OC(C)C)c(Cl)c2)cc1Cl. The monoisotopic (exact) mass is 818 g/mol. The second kappa shape index (κ2) is 15.2. The Morgan fingerprint density at radius 2 is 0.978 bits per heavy atom. The lowest BCUT2D eigenvalue weighted by Gasteiger charge is -2.30. The van der Waals surface area contributed by atoms with Gasteiger partial charge < -0.3 is 24.4 Å². The van der Waals surface area contributed by atoms with Gasteiger partial charge >= 0.3 is 0 Å². The van der Waals surface area contributed by atoms with Gasteiger partial charge in [-0.15, -0.1) is 0 Å². The van der Waals surface area contributed by atoms with E-state index in [0.29, 0.717) is 65.0 Å². The first kappa shape index (κ1) is 36.5. The van der Waals surface area contributed by atoms with Crippen LogP contribution < -0.4 is 4.74 Å². The Balaban J connectivity index is 1.75. The van der Waals surface area contributed by atoms with Gasteiger partial charge in [0.2, 0.25) is 11.6 Å². The molecule has 0 spiro atoms. The van der Waals surface area contributed by atoms with Gasteiger partial charge in [0, 0.05) is 42.3 Å². The topological polar surface area (TPSA) is 68.2 Å². The number of halogens is 6. The van der Waals surface area contributed by atoms with Gasteiger partial charge in [0.05, 0.1) is 22.9 Å². The number of hydrogen-bond donors (Lipinski definition) is 2. The van der Waals surface area contributed by atoms with Crippen LogP contribution in [0.15, 0.2) is 72.8 Å². The van der Waals surface area contributed by atoms with Crippen molar-refractivity contribution < 1.29 is 24.4 Å². The van der Waals surface area contributed by atoms with E-state index in [1.54, 1.807) is 60.7 Å². The van der Waals surface area contributed by atoms with E-state index in [9.17, 15) is 10.2 Å². The largest absolute Gasteiger partial charge is 0.456 e. The van der Waals surface area contributed by atoms with E-state index in [2.05, 4.69) is 31.9 Å². The average molecular weight is 822 g/mol. The van der Waals surface area contributed by atoms with Crippen molar-refractivity contribution in [2.45, 2.75) is 51.5 Å². The molecule has 4 aromatic rings. The molecule has 0 aliphatic carbocycles. The number of aliphatic hydroxyl groups is 2. The molecule has 2 N–H and O–H groups in total. The third kappa shape index (κ3) is 8.57. The fourth-order valence-electron chi connectivity index (χ4n) is 4.86. The third-order valence-electron chi connectivity index (χ3n) is 6.73. The molecule has 4 aromatic carbocycles. The molecule has 0 aromatic heterocycles. The van der Waals surface area contributed by atoms with Crippen LogP contribution >= 0.6 is 78.3 Å². The minimum Gasteiger partial charge on any atom is -0.456 e. The maximum atomic E-state index is 11.1. The Morgan fingerprint density at radius 3 is 1.29 bits per heavy atom. The highest BCUT2D eigenvalue weighted by Crippen LogP contribution is 2.43. The summed E-state index contributed by atoms with van der Waals surface area (Å²) in [6.45, 7) is 7.35. The van der Waals surface area contributed by atoms with Crippen LogP contribution in [0.2, 0.25) is 20.1 Å². The third-order valence-corrected chi connectivity index (χ3v) is 9.34. The van der Waals surface area contributed by atoms with Crippen LogP contribution in [-0.4, -0.2) is 33.1 Å². The molecule has 0 bridgehead atoms. The first-order chi connectivity index (χ1) is 21.2. The molecule has 0 fully saturated rings. The normalized spacial score (nSPS) is 14.4. The average Bonchev–Trinajstić information content (AvgIpc) is 2.97. The van der Waals surface area contributed by atoms with E-state index in [-0.39, 0.29) is 22.9 Å². The number of benzene rings is 4. The smallest absolute Gasteiger partial charge is 0.204 e. The predicted octanol–water partition coefficient (Wildman–Crippen LogP) is 11.4. The summed E-state index contributed by atoms with van der Waals surface area (Å²) in [4.78, 5) is 0. The molecule has 240 valence electrons. The molecule has 4 rings (SSSR count). The van der Waals surface area contributed by atoms with Crippen molar-refractivity contribution in [3.05, 3.63) is 104 Å². The van der Waals surface area contributed by atoms with Gasteiger partial charge in [-0.3, -0.25) is 0 Å². The van der Waals surface area contributed by atoms with Gasteiger partial charge in [-0.1, -0.05) is 103 Å². The summed E-state index contributed by atoms with van der Waals surface area (Å²) in [5, 5.41) is 24.2. The molecule has 0 saturated carbocycles. The highest BCUT2D eigenvalue weighted by molar-refractivity contribution is 9.09. The highest BCUT2D eigenvalue weighted by Gasteiger charge is 2.34. The van der Waals surface area contributed by atoms with Gasteiger partial charge in [0.25, 0.3) is 0 Å². The zero-order chi connectivity index (χ0) is 33.1. The van der Waals surface area contributed by atoms with Gasteiger partial charge in [-0.2, -0.15) is 0 Å². The summed E-state index contributed by atoms with van der Waals surface area (Å²) in [6, 6.07) is 21.1. The Hall–Kier alpha value is -1.36. The Morgan fingerprint density at radius 1 is 0.600 bits per heavy atom. The number of alkyl halides is 2. The lowest BCUT2D eigenvalue weighted by molar-refractivity contribution is -0.215. The summed E-state index contributed by atoms with van der Waals surface area (Å²) in [5.74, 6) is -2.22. The molecule has 0 saturated heterocycles. The minimum absolute atomic E-state index is 0.132. The lowest BCUT2D eigenvalue weighted by Crippen LogP contribution is -2.34. The van der Waals surface area contributed by atoms with Crippen LogP contribution in [0.25, 0.3) is 22.3 Å². The fraction of sp³-hybridized carbons (Fsp3) is 0.294. The van der Waals surface area contributed by atoms with Crippen molar-refractivity contribution in [3.8, 4) is 33.8 Å². The molecule has 11 heteroatoms. The molecule has 0 amide bonds. The fourth-order valence-corrected chi connectivity index (χ4v) is 6.73. The summed E-state index contributed by atoms with van der Waals surface area (Å²) in [6.07, 6.45) is -0.473. The zero-order valence-electron chi connectivity index (χ0n) is 24.9. The number of ether oxygens (including phenoxy) is 3. The summed E-state index contributed by atoms with van der Waals surface area (Å²) in [5.41, 5.74) is 3.62. The zero-order valence-corrected chi connectivity index (χ0v) is 31.1. The van der Waals surface area contributed by atoms with Crippen LogP contribution in [0.1, 0.15) is 38.8 Å². The van der Waals surface area contributed by atoms with Gasteiger partial charge in [0.1, 0.15) is 11.5 Å². The molecular formula is C34H32Br2Cl4O5. The quantitative estimate of drug-likeness (QED) is 0.110. The first-order valence-electron chi connectivity index (χ1n) is 14.0. The van der Waals surface area contributed by atoms with E-state index in [1.165, 1.54) is 0 Å². The van der Waals surface area contributed by atoms with Gasteiger partial charge in [-0.25, -0.2) is 0 Å². The number of rotatable bonds is 12. The molecular weight excluding hydrogens is 790 g/mol. The van der Waals surface area contributed by atoms with Crippen LogP contribution in [-0.2, 0) is 21.0 Å². The molecule has 45 heavy (non-hydrogen) atoms. The maximum absolute atomic E-state index is 11.1. The highest BCUT2D eigenvalue weighted by atomic mass is 79.9. The number of hydrogen-bond acceptors (Lipinski definition) is 5. The molecule has 2 atom stereocenters. The molecule has 0 aliphatic heterocycles. The van der Waals surface area contributed by atoms with Crippen molar-refractivity contribution in [1.82, 2.24) is 0 Å². The molecule has 2 unspecified atom stereocenters. The van der Waals surface area contributed by atoms with E-state index in [0.717, 1.165) is 0 Å². The van der Waals surface area contributed by atoms with Crippen molar-refractivity contribution in [2.24, 2.45) is 0 Å². The van der Waals surface area contributed by atoms with Crippen molar-refractivity contribution in [3.63, 3.8) is 0 Å². The molecule has 5 nitrogen and oxygen atoms in total. The first-order valence-corrected chi connectivity index (χ1v) is 17.7. The summed E-state index contributed by atoms with van der Waals surface area (Å²) >= 11 is 33.0. The Bertz CT molecular complexity index is 1550. The van der Waals surface area contributed by atoms with Gasteiger partial charge in [-0.05, 0) is 87.4 Å². The van der Waals surface area contributed by atoms with Crippen molar-refractivity contribution >= 4 is 78.3 Å². The summed E-state index contributed by atoms with van der Waals surface area (Å²) in [7, 11) is 0. The summed E-state index contributed by atoms with van der Waals surface area (Å²) < 4.78 is 18.1. The minimum atomic E-state index is -1.61. The standard InChI is InChI=1S/C34H32Br2Cl4O5/c1-19(2)44-33(41,17-35)27-9-5-21(13-29(27)39)25-15-23(37)7-11-31(25)43-32-12-8-24(38)16-26(32)22-6-10-28(30(40)14-22)34(42,18-36)45-20(3)4/h5-16,19-20,41-42H,17-18H2,1-4H3. The predicted molar refractivity (Wildman–Crippen MR) is 192 cm³/mol. The van der Waals surface area contributed by atoms with E-state index in [4.69, 9.17) is 60.6 Å². The van der Waals surface area contributed by atoms with Crippen LogP contribution in [0, 0.1) is 0 Å². The lowest BCUT2D eigenvalue weighted by atomic mass is 9.99. The van der Waals surface area contributed by atoms with Gasteiger partial charge in [0.15, 0.2) is 0 Å². The molecule has 0 heterocycles. The second-order valence-corrected chi connectivity index (χ2v) is 13.8. The molecule has 0 radical (unpaired) electrons.